The molecule has 0 saturated heterocycles. The van der Waals surface area contributed by atoms with Gasteiger partial charge in [-0.1, -0.05) is 23.4 Å². The minimum Gasteiger partial charge on any atom is -0.393 e. The average molecular weight is 443 g/mol. The van der Waals surface area contributed by atoms with Crippen molar-refractivity contribution in [3.8, 4) is 22.5 Å². The molecule has 1 atom stereocenters. The number of imidazole rings is 1. The van der Waals surface area contributed by atoms with Crippen molar-refractivity contribution < 1.29 is 9.50 Å². The van der Waals surface area contributed by atoms with Gasteiger partial charge in [-0.25, -0.2) is 19.0 Å². The van der Waals surface area contributed by atoms with Gasteiger partial charge >= 0.3 is 0 Å². The summed E-state index contributed by atoms with van der Waals surface area (Å²) in [6.07, 6.45) is 3.45. The molecule has 0 radical (unpaired) electrons. The number of rotatable bonds is 6. The molecule has 9 heteroatoms. The molecule has 1 aromatic carbocycles. The lowest BCUT2D eigenvalue weighted by Gasteiger charge is -2.08. The van der Waals surface area contributed by atoms with E-state index in [4.69, 9.17) is 0 Å². The Hall–Kier alpha value is -3.98. The molecule has 0 saturated carbocycles. The summed E-state index contributed by atoms with van der Waals surface area (Å²) >= 11 is 0. The van der Waals surface area contributed by atoms with Crippen LogP contribution in [0.25, 0.3) is 33.7 Å². The molecular weight excluding hydrogens is 421 g/mol. The normalized spacial score (nSPS) is 12.4. The van der Waals surface area contributed by atoms with Gasteiger partial charge in [0.1, 0.15) is 11.5 Å². The van der Waals surface area contributed by atoms with E-state index in [0.717, 1.165) is 22.5 Å². The van der Waals surface area contributed by atoms with Crippen molar-refractivity contribution in [1.29, 1.82) is 0 Å². The van der Waals surface area contributed by atoms with Crippen LogP contribution in [0.15, 0.2) is 55.0 Å². The number of hydrogen-bond donors (Lipinski definition) is 2. The number of nitrogens with one attached hydrogen (secondary N) is 1. The molecule has 0 spiro atoms. The number of aliphatic hydroxyl groups is 1. The SMILES string of the molecule is Cc1c(F)cccc1-c1cc(-c2cn(Cc3cccc(CC(C)O)n3)nn2)c2[nH]cnc2n1. The highest BCUT2D eigenvalue weighted by Gasteiger charge is 2.16. The van der Waals surface area contributed by atoms with Crippen LogP contribution in [0.4, 0.5) is 4.39 Å². The smallest absolute Gasteiger partial charge is 0.178 e. The zero-order valence-electron chi connectivity index (χ0n) is 18.2. The first kappa shape index (κ1) is 20.9. The number of H-pyrrole nitrogens is 1. The fraction of sp³-hybridized carbons (Fsp3) is 0.208. The summed E-state index contributed by atoms with van der Waals surface area (Å²) < 4.78 is 15.9. The predicted octanol–water partition coefficient (Wildman–Crippen LogP) is 3.70. The summed E-state index contributed by atoms with van der Waals surface area (Å²) in [6, 6.07) is 12.5. The third-order valence-corrected chi connectivity index (χ3v) is 5.45. The number of aliphatic hydroxyl groups excluding tert-OH is 1. The van der Waals surface area contributed by atoms with Crippen molar-refractivity contribution in [3.63, 3.8) is 0 Å². The molecule has 2 N–H and O–H groups in total. The van der Waals surface area contributed by atoms with Crippen molar-refractivity contribution >= 4 is 11.2 Å². The van der Waals surface area contributed by atoms with Gasteiger partial charge in [0, 0.05) is 23.2 Å². The second-order valence-corrected chi connectivity index (χ2v) is 8.04. The molecular formula is C24H22FN7O. The number of fused-ring (bicyclic) bond motifs is 1. The maximum Gasteiger partial charge on any atom is 0.178 e. The van der Waals surface area contributed by atoms with Crippen molar-refractivity contribution in [3.05, 3.63) is 77.8 Å². The van der Waals surface area contributed by atoms with Crippen LogP contribution in [-0.4, -0.2) is 46.1 Å². The molecule has 0 aliphatic carbocycles. The molecule has 0 amide bonds. The van der Waals surface area contributed by atoms with E-state index in [2.05, 4.69) is 30.2 Å². The summed E-state index contributed by atoms with van der Waals surface area (Å²) in [4.78, 5) is 16.6. The molecule has 5 aromatic rings. The standard InChI is InChI=1S/C24H22FN7O/c1-14(33)9-16-5-3-6-17(28-16)11-32-12-22(30-31-32)19-10-21(29-24-23(19)26-13-27-24)18-7-4-8-20(25)15(18)2/h3-8,10,12-14,33H,9,11H2,1-2H3,(H,26,27,29). The van der Waals surface area contributed by atoms with Crippen LogP contribution in [0.5, 0.6) is 0 Å². The molecule has 4 heterocycles. The molecule has 8 nitrogen and oxygen atoms in total. The molecule has 0 aliphatic rings. The predicted molar refractivity (Wildman–Crippen MR) is 122 cm³/mol. The van der Waals surface area contributed by atoms with Crippen molar-refractivity contribution in [2.75, 3.05) is 0 Å². The first-order chi connectivity index (χ1) is 16.0. The third kappa shape index (κ3) is 4.22. The minimum atomic E-state index is -0.454. The van der Waals surface area contributed by atoms with E-state index in [1.54, 1.807) is 30.9 Å². The number of halogens is 1. The van der Waals surface area contributed by atoms with E-state index in [9.17, 15) is 9.50 Å². The Balaban J connectivity index is 1.51. The van der Waals surface area contributed by atoms with Gasteiger partial charge in [0.25, 0.3) is 0 Å². The quantitative estimate of drug-likeness (QED) is 0.415. The summed E-state index contributed by atoms with van der Waals surface area (Å²) in [5.41, 5.74) is 6.16. The fourth-order valence-electron chi connectivity index (χ4n) is 3.85. The van der Waals surface area contributed by atoms with E-state index >= 15 is 0 Å². The molecule has 1 unspecified atom stereocenters. The number of nitrogens with zero attached hydrogens (tertiary/aromatic N) is 6. The average Bonchev–Trinajstić information content (AvgIpc) is 3.44. The van der Waals surface area contributed by atoms with Crippen molar-refractivity contribution in [2.45, 2.75) is 32.9 Å². The van der Waals surface area contributed by atoms with Crippen LogP contribution in [0.2, 0.25) is 0 Å². The Kier molecular flexibility index (Phi) is 5.39. The van der Waals surface area contributed by atoms with Gasteiger partial charge in [-0.15, -0.1) is 5.10 Å². The van der Waals surface area contributed by atoms with Crippen LogP contribution >= 0.6 is 0 Å². The molecule has 166 valence electrons. The van der Waals surface area contributed by atoms with Gasteiger partial charge < -0.3 is 10.1 Å². The second-order valence-electron chi connectivity index (χ2n) is 8.04. The second kappa shape index (κ2) is 8.51. The van der Waals surface area contributed by atoms with E-state index < -0.39 is 6.10 Å². The maximum absolute atomic E-state index is 14.2. The van der Waals surface area contributed by atoms with Gasteiger partial charge in [0.05, 0.1) is 42.1 Å². The monoisotopic (exact) mass is 443 g/mol. The molecule has 0 bridgehead atoms. The van der Waals surface area contributed by atoms with Crippen LogP contribution in [-0.2, 0) is 13.0 Å². The number of hydrogen-bond acceptors (Lipinski definition) is 6. The zero-order chi connectivity index (χ0) is 22.9. The van der Waals surface area contributed by atoms with Crippen LogP contribution in [0.3, 0.4) is 0 Å². The largest absolute Gasteiger partial charge is 0.393 e. The van der Waals surface area contributed by atoms with Gasteiger partial charge in [-0.05, 0) is 43.7 Å². The van der Waals surface area contributed by atoms with Crippen LogP contribution in [0, 0.1) is 12.7 Å². The lowest BCUT2D eigenvalue weighted by Crippen LogP contribution is -2.08. The van der Waals surface area contributed by atoms with Crippen molar-refractivity contribution in [2.24, 2.45) is 0 Å². The summed E-state index contributed by atoms with van der Waals surface area (Å²) in [6.45, 7) is 3.91. The first-order valence-electron chi connectivity index (χ1n) is 10.6. The Morgan fingerprint density at radius 2 is 1.88 bits per heavy atom. The van der Waals surface area contributed by atoms with E-state index in [0.29, 0.717) is 41.1 Å². The van der Waals surface area contributed by atoms with Gasteiger partial charge in [0.15, 0.2) is 5.65 Å². The van der Waals surface area contributed by atoms with Gasteiger partial charge in [0.2, 0.25) is 0 Å². The van der Waals surface area contributed by atoms with Crippen LogP contribution < -0.4 is 0 Å². The minimum absolute atomic E-state index is 0.283. The highest BCUT2D eigenvalue weighted by atomic mass is 19.1. The summed E-state index contributed by atoms with van der Waals surface area (Å²) in [5, 5.41) is 18.2. The molecule has 0 fully saturated rings. The highest BCUT2D eigenvalue weighted by molar-refractivity contribution is 5.91. The van der Waals surface area contributed by atoms with Gasteiger partial charge in [-0.3, -0.25) is 4.98 Å². The lowest BCUT2D eigenvalue weighted by molar-refractivity contribution is 0.194. The Bertz CT molecular complexity index is 1440. The molecule has 5 rings (SSSR count). The third-order valence-electron chi connectivity index (χ3n) is 5.45. The molecule has 4 aromatic heterocycles. The van der Waals surface area contributed by atoms with Crippen molar-refractivity contribution in [1.82, 2.24) is 34.9 Å². The lowest BCUT2D eigenvalue weighted by atomic mass is 10.0. The maximum atomic E-state index is 14.2. The summed E-state index contributed by atoms with van der Waals surface area (Å²) in [7, 11) is 0. The van der Waals surface area contributed by atoms with Crippen LogP contribution in [0.1, 0.15) is 23.9 Å². The zero-order valence-corrected chi connectivity index (χ0v) is 18.2. The molecule has 0 aliphatic heterocycles. The molecule has 33 heavy (non-hydrogen) atoms. The Morgan fingerprint density at radius 1 is 1.06 bits per heavy atom. The van der Waals surface area contributed by atoms with E-state index in [1.165, 1.54) is 6.07 Å². The van der Waals surface area contributed by atoms with Gasteiger partial charge in [-0.2, -0.15) is 0 Å². The first-order valence-corrected chi connectivity index (χ1v) is 10.6. The fourth-order valence-corrected chi connectivity index (χ4v) is 3.85. The highest BCUT2D eigenvalue weighted by Crippen LogP contribution is 2.31. The number of aromatic nitrogens is 7. The van der Waals surface area contributed by atoms with E-state index in [1.807, 2.05) is 36.5 Å². The Labute approximate surface area is 189 Å². The summed E-state index contributed by atoms with van der Waals surface area (Å²) in [5.74, 6) is -0.283. The Morgan fingerprint density at radius 3 is 2.73 bits per heavy atom. The van der Waals surface area contributed by atoms with E-state index in [-0.39, 0.29) is 5.82 Å². The topological polar surface area (TPSA) is 105 Å². The number of aromatic amines is 1. The number of pyridine rings is 2. The number of benzene rings is 1.